The van der Waals surface area contributed by atoms with Gasteiger partial charge in [-0.25, -0.2) is 4.98 Å². The Morgan fingerprint density at radius 1 is 1.05 bits per heavy atom. The lowest BCUT2D eigenvalue weighted by Gasteiger charge is -2.17. The molecule has 0 radical (unpaired) electrons. The fourth-order valence-electron chi connectivity index (χ4n) is 2.36. The molecule has 1 unspecified atom stereocenters. The first-order valence-corrected chi connectivity index (χ1v) is 8.47. The van der Waals surface area contributed by atoms with Crippen LogP contribution in [0.15, 0.2) is 78.2 Å². The zero-order valence-electron chi connectivity index (χ0n) is 12.1. The lowest BCUT2D eigenvalue weighted by molar-refractivity contribution is 0.656. The van der Waals surface area contributed by atoms with Gasteiger partial charge in [-0.1, -0.05) is 41.9 Å². The van der Waals surface area contributed by atoms with E-state index in [9.17, 15) is 0 Å². The lowest BCUT2D eigenvalue weighted by Crippen LogP contribution is -2.15. The Morgan fingerprint density at radius 2 is 1.82 bits per heavy atom. The normalized spacial score (nSPS) is 12.2. The van der Waals surface area contributed by atoms with Crippen molar-refractivity contribution < 1.29 is 0 Å². The molecule has 1 aromatic heterocycles. The first kappa shape index (κ1) is 15.2. The molecule has 2 nitrogen and oxygen atoms in total. The highest BCUT2D eigenvalue weighted by molar-refractivity contribution is 8.00. The van der Waals surface area contributed by atoms with Crippen molar-refractivity contribution >= 4 is 23.4 Å². The van der Waals surface area contributed by atoms with E-state index in [0.717, 1.165) is 18.0 Å². The Morgan fingerprint density at radius 3 is 2.50 bits per heavy atom. The number of benzene rings is 2. The molecule has 0 spiro atoms. The van der Waals surface area contributed by atoms with Gasteiger partial charge in [0.2, 0.25) is 0 Å². The van der Waals surface area contributed by atoms with Crippen molar-refractivity contribution in [1.82, 2.24) is 9.55 Å². The molecule has 0 amide bonds. The van der Waals surface area contributed by atoms with Gasteiger partial charge < -0.3 is 4.57 Å². The van der Waals surface area contributed by atoms with E-state index in [0.29, 0.717) is 5.25 Å². The maximum Gasteiger partial charge on any atom is 0.0946 e. The topological polar surface area (TPSA) is 17.8 Å². The smallest absolute Gasteiger partial charge is 0.0946 e. The highest BCUT2D eigenvalue weighted by atomic mass is 35.5. The van der Waals surface area contributed by atoms with Crippen molar-refractivity contribution in [2.24, 2.45) is 0 Å². The van der Waals surface area contributed by atoms with E-state index in [2.05, 4.69) is 52.0 Å². The summed E-state index contributed by atoms with van der Waals surface area (Å²) in [7, 11) is 0. The molecule has 0 N–H and O–H groups in total. The molecule has 4 heteroatoms. The molecule has 1 atom stereocenters. The molecule has 1 heterocycles. The van der Waals surface area contributed by atoms with Crippen molar-refractivity contribution in [2.45, 2.75) is 23.1 Å². The number of hydrogen-bond donors (Lipinski definition) is 0. The van der Waals surface area contributed by atoms with Gasteiger partial charge in [-0.3, -0.25) is 0 Å². The van der Waals surface area contributed by atoms with Crippen LogP contribution in [0.1, 0.15) is 5.56 Å². The highest BCUT2D eigenvalue weighted by Crippen LogP contribution is 2.28. The molecular weight excluding hydrogens is 312 g/mol. The third-order valence-electron chi connectivity index (χ3n) is 3.40. The zero-order valence-corrected chi connectivity index (χ0v) is 13.7. The minimum absolute atomic E-state index is 0.442. The van der Waals surface area contributed by atoms with Gasteiger partial charge in [-0.05, 0) is 36.2 Å². The third-order valence-corrected chi connectivity index (χ3v) is 4.84. The number of halogens is 1. The van der Waals surface area contributed by atoms with Crippen LogP contribution in [-0.2, 0) is 13.0 Å². The summed E-state index contributed by atoms with van der Waals surface area (Å²) >= 11 is 7.85. The Bertz CT molecular complexity index is 681. The number of hydrogen-bond acceptors (Lipinski definition) is 2. The number of rotatable bonds is 6. The number of nitrogens with zero attached hydrogens (tertiary/aromatic N) is 2. The van der Waals surface area contributed by atoms with E-state index in [4.69, 9.17) is 11.6 Å². The van der Waals surface area contributed by atoms with Crippen molar-refractivity contribution in [1.29, 1.82) is 0 Å². The molecule has 0 aliphatic carbocycles. The SMILES string of the molecule is Clc1ccc(SC(Cc2ccccc2)Cn2ccnc2)cc1. The second-order valence-corrected chi connectivity index (χ2v) is 6.95. The highest BCUT2D eigenvalue weighted by Gasteiger charge is 2.12. The van der Waals surface area contributed by atoms with Crippen LogP contribution >= 0.6 is 23.4 Å². The van der Waals surface area contributed by atoms with Crippen LogP contribution in [-0.4, -0.2) is 14.8 Å². The molecule has 0 saturated carbocycles. The monoisotopic (exact) mass is 328 g/mol. The first-order valence-electron chi connectivity index (χ1n) is 7.21. The van der Waals surface area contributed by atoms with Gasteiger partial charge in [0.1, 0.15) is 0 Å². The molecule has 0 fully saturated rings. The second-order valence-electron chi connectivity index (χ2n) is 5.14. The summed E-state index contributed by atoms with van der Waals surface area (Å²) in [5, 5.41) is 1.22. The summed E-state index contributed by atoms with van der Waals surface area (Å²) in [6.45, 7) is 0.933. The molecule has 0 aliphatic rings. The molecule has 0 bridgehead atoms. The largest absolute Gasteiger partial charge is 0.336 e. The van der Waals surface area contributed by atoms with E-state index in [1.807, 2.05) is 42.6 Å². The Labute approximate surface area is 140 Å². The van der Waals surface area contributed by atoms with Crippen LogP contribution < -0.4 is 0 Å². The quantitative estimate of drug-likeness (QED) is 0.596. The average molecular weight is 329 g/mol. The van der Waals surface area contributed by atoms with Crippen molar-refractivity contribution in [2.75, 3.05) is 0 Å². The fourth-order valence-corrected chi connectivity index (χ4v) is 3.68. The van der Waals surface area contributed by atoms with Gasteiger partial charge in [-0.15, -0.1) is 11.8 Å². The van der Waals surface area contributed by atoms with Gasteiger partial charge in [-0.2, -0.15) is 0 Å². The summed E-state index contributed by atoms with van der Waals surface area (Å²) in [6.07, 6.45) is 6.74. The first-order chi connectivity index (χ1) is 10.8. The van der Waals surface area contributed by atoms with E-state index >= 15 is 0 Å². The summed E-state index contributed by atoms with van der Waals surface area (Å²) in [4.78, 5) is 5.38. The van der Waals surface area contributed by atoms with Gasteiger partial charge in [0.25, 0.3) is 0 Å². The van der Waals surface area contributed by atoms with E-state index in [-0.39, 0.29) is 0 Å². The summed E-state index contributed by atoms with van der Waals surface area (Å²) in [5.41, 5.74) is 1.36. The molecule has 112 valence electrons. The molecular formula is C18H17ClN2S. The number of imidazole rings is 1. The number of aromatic nitrogens is 2. The van der Waals surface area contributed by atoms with Crippen LogP contribution in [0, 0.1) is 0 Å². The van der Waals surface area contributed by atoms with Gasteiger partial charge in [0, 0.05) is 34.1 Å². The van der Waals surface area contributed by atoms with Crippen LogP contribution in [0.3, 0.4) is 0 Å². The van der Waals surface area contributed by atoms with Crippen molar-refractivity contribution in [3.8, 4) is 0 Å². The molecule has 22 heavy (non-hydrogen) atoms. The van der Waals surface area contributed by atoms with Crippen LogP contribution in [0.25, 0.3) is 0 Å². The van der Waals surface area contributed by atoms with E-state index in [1.54, 1.807) is 0 Å². The predicted molar refractivity (Wildman–Crippen MR) is 93.5 cm³/mol. The van der Waals surface area contributed by atoms with E-state index < -0.39 is 0 Å². The summed E-state index contributed by atoms with van der Waals surface area (Å²) < 4.78 is 2.14. The third kappa shape index (κ3) is 4.39. The molecule has 3 aromatic rings. The Kier molecular flexibility index (Phi) is 5.20. The van der Waals surface area contributed by atoms with E-state index in [1.165, 1.54) is 10.5 Å². The fraction of sp³-hybridized carbons (Fsp3) is 0.167. The van der Waals surface area contributed by atoms with Gasteiger partial charge in [0.05, 0.1) is 6.33 Å². The van der Waals surface area contributed by atoms with Crippen LogP contribution in [0.4, 0.5) is 0 Å². The minimum Gasteiger partial charge on any atom is -0.336 e. The van der Waals surface area contributed by atoms with Gasteiger partial charge in [0.15, 0.2) is 0 Å². The standard InChI is InChI=1S/C18H17ClN2S/c19-16-6-8-17(9-7-16)22-18(13-21-11-10-20-14-21)12-15-4-2-1-3-5-15/h1-11,14,18H,12-13H2. The molecule has 0 aliphatic heterocycles. The van der Waals surface area contributed by atoms with Gasteiger partial charge >= 0.3 is 0 Å². The average Bonchev–Trinajstić information content (AvgIpc) is 3.03. The van der Waals surface area contributed by atoms with Crippen molar-refractivity contribution in [3.63, 3.8) is 0 Å². The Balaban J connectivity index is 1.74. The summed E-state index contributed by atoms with van der Waals surface area (Å²) in [5.74, 6) is 0. The maximum absolute atomic E-state index is 5.97. The minimum atomic E-state index is 0.442. The molecule has 3 rings (SSSR count). The van der Waals surface area contributed by atoms with Crippen molar-refractivity contribution in [3.05, 3.63) is 83.9 Å². The zero-order chi connectivity index (χ0) is 15.2. The lowest BCUT2D eigenvalue weighted by atomic mass is 10.1. The molecule has 2 aromatic carbocycles. The van der Waals surface area contributed by atoms with Crippen LogP contribution in [0.2, 0.25) is 5.02 Å². The summed E-state index contributed by atoms with van der Waals surface area (Å²) in [6, 6.07) is 18.7. The Hall–Kier alpha value is -1.71. The predicted octanol–water partition coefficient (Wildman–Crippen LogP) is 4.94. The maximum atomic E-state index is 5.97. The second kappa shape index (κ2) is 7.52. The molecule has 0 saturated heterocycles. The number of thioether (sulfide) groups is 1. The van der Waals surface area contributed by atoms with Crippen LogP contribution in [0.5, 0.6) is 0 Å².